The highest BCUT2D eigenvalue weighted by Gasteiger charge is 2.32. The summed E-state index contributed by atoms with van der Waals surface area (Å²) in [6.45, 7) is 4.16. The highest BCUT2D eigenvalue weighted by Crippen LogP contribution is 2.30. The second kappa shape index (κ2) is 5.09. The van der Waals surface area contributed by atoms with E-state index in [1.165, 1.54) is 6.26 Å². The van der Waals surface area contributed by atoms with Gasteiger partial charge >= 0.3 is 0 Å². The molecule has 1 atom stereocenters. The van der Waals surface area contributed by atoms with E-state index >= 15 is 0 Å². The summed E-state index contributed by atoms with van der Waals surface area (Å²) in [4.78, 5) is 0. The van der Waals surface area contributed by atoms with E-state index in [0.29, 0.717) is 13.0 Å². The van der Waals surface area contributed by atoms with Crippen molar-refractivity contribution in [3.05, 3.63) is 0 Å². The monoisotopic (exact) mass is 223 g/mol. The molecule has 0 heterocycles. The normalized spacial score (nSPS) is 17.0. The summed E-state index contributed by atoms with van der Waals surface area (Å²) in [6.07, 6.45) is 1.63. The van der Waals surface area contributed by atoms with E-state index < -0.39 is 15.3 Å². The highest BCUT2D eigenvalue weighted by molar-refractivity contribution is 7.90. The van der Waals surface area contributed by atoms with Crippen LogP contribution in [0, 0.1) is 11.3 Å². The van der Waals surface area contributed by atoms with Gasteiger partial charge in [0.1, 0.15) is 9.84 Å². The Balaban J connectivity index is 4.53. The fourth-order valence-electron chi connectivity index (χ4n) is 1.34. The van der Waals surface area contributed by atoms with Crippen LogP contribution in [0.15, 0.2) is 0 Å². The molecule has 0 bridgehead atoms. The number of hydrogen-bond acceptors (Lipinski definition) is 4. The molecule has 0 amide bonds. The zero-order valence-corrected chi connectivity index (χ0v) is 9.97. The average Bonchev–Trinajstić information content (AvgIpc) is 2.04. The first kappa shape index (κ1) is 13.9. The van der Waals surface area contributed by atoms with E-state index in [-0.39, 0.29) is 18.3 Å². The Labute approximate surface area is 86.4 Å². The fraction of sp³-hybridized carbons (Fsp3) is 1.00. The summed E-state index contributed by atoms with van der Waals surface area (Å²) in [5.41, 5.74) is 5.14. The molecule has 0 aliphatic heterocycles. The Morgan fingerprint density at radius 3 is 2.14 bits per heavy atom. The molecule has 0 radical (unpaired) electrons. The van der Waals surface area contributed by atoms with Crippen LogP contribution in [0.3, 0.4) is 0 Å². The van der Waals surface area contributed by atoms with Crippen molar-refractivity contribution in [2.45, 2.75) is 20.3 Å². The smallest absolute Gasteiger partial charge is 0.147 e. The molecule has 5 heteroatoms. The summed E-state index contributed by atoms with van der Waals surface area (Å²) in [5, 5.41) is 9.27. The van der Waals surface area contributed by atoms with Gasteiger partial charge in [-0.2, -0.15) is 0 Å². The topological polar surface area (TPSA) is 80.4 Å². The van der Waals surface area contributed by atoms with E-state index in [1.807, 2.05) is 13.8 Å². The van der Waals surface area contributed by atoms with Crippen LogP contribution in [-0.4, -0.2) is 38.7 Å². The molecule has 0 aromatic rings. The molecular weight excluding hydrogens is 202 g/mol. The molecule has 3 N–H and O–H groups in total. The molecule has 0 saturated carbocycles. The van der Waals surface area contributed by atoms with E-state index in [0.717, 1.165) is 0 Å². The molecule has 1 unspecified atom stereocenters. The minimum Gasteiger partial charge on any atom is -0.396 e. The molecule has 0 aromatic heterocycles. The first-order valence-electron chi connectivity index (χ1n) is 4.76. The first-order chi connectivity index (χ1) is 6.27. The third kappa shape index (κ3) is 3.94. The molecule has 0 spiro atoms. The van der Waals surface area contributed by atoms with Crippen LogP contribution in [-0.2, 0) is 9.84 Å². The van der Waals surface area contributed by atoms with Crippen molar-refractivity contribution in [1.82, 2.24) is 0 Å². The number of sulfone groups is 1. The van der Waals surface area contributed by atoms with Gasteiger partial charge in [0.2, 0.25) is 0 Å². The van der Waals surface area contributed by atoms with Crippen LogP contribution >= 0.6 is 0 Å². The highest BCUT2D eigenvalue weighted by atomic mass is 32.2. The molecule has 0 aliphatic rings. The number of nitrogens with two attached hydrogens (primary N) is 1. The zero-order chi connectivity index (χ0) is 11.4. The third-order valence-electron chi connectivity index (χ3n) is 2.92. The molecule has 0 aliphatic carbocycles. The van der Waals surface area contributed by atoms with Gasteiger partial charge < -0.3 is 10.8 Å². The van der Waals surface area contributed by atoms with E-state index in [2.05, 4.69) is 0 Å². The van der Waals surface area contributed by atoms with Crippen molar-refractivity contribution in [1.29, 1.82) is 0 Å². The molecule has 0 aromatic carbocycles. The molecule has 0 fully saturated rings. The minimum absolute atomic E-state index is 0.0588. The van der Waals surface area contributed by atoms with Gasteiger partial charge in [0.25, 0.3) is 0 Å². The van der Waals surface area contributed by atoms with Crippen molar-refractivity contribution in [2.24, 2.45) is 17.1 Å². The number of rotatable bonds is 6. The van der Waals surface area contributed by atoms with Gasteiger partial charge in [-0.3, -0.25) is 0 Å². The summed E-state index contributed by atoms with van der Waals surface area (Å²) < 4.78 is 22.0. The van der Waals surface area contributed by atoms with E-state index in [9.17, 15) is 13.5 Å². The van der Waals surface area contributed by atoms with E-state index in [4.69, 9.17) is 5.73 Å². The lowest BCUT2D eigenvalue weighted by Crippen LogP contribution is -2.40. The van der Waals surface area contributed by atoms with Gasteiger partial charge in [0.05, 0.1) is 12.4 Å². The predicted octanol–water partition coefficient (Wildman–Crippen LogP) is 0.0145. The molecule has 0 rings (SSSR count). The maximum absolute atomic E-state index is 11.0. The molecule has 14 heavy (non-hydrogen) atoms. The third-order valence-corrected chi connectivity index (χ3v) is 3.86. The quantitative estimate of drug-likeness (QED) is 0.665. The minimum atomic E-state index is -2.98. The van der Waals surface area contributed by atoms with Crippen LogP contribution in [0.25, 0.3) is 0 Å². The summed E-state index contributed by atoms with van der Waals surface area (Å²) in [7, 11) is -2.98. The molecular formula is C9H21NO3S. The number of aliphatic hydroxyl groups excluding tert-OH is 1. The summed E-state index contributed by atoms with van der Waals surface area (Å²) in [5.74, 6) is 0.266. The maximum atomic E-state index is 11.0. The fourth-order valence-corrected chi connectivity index (χ4v) is 2.12. The molecule has 4 nitrogen and oxygen atoms in total. The Bertz CT molecular complexity index is 255. The van der Waals surface area contributed by atoms with Crippen LogP contribution in [0.4, 0.5) is 0 Å². The SMILES string of the molecule is CC(C)C(CN)(CO)CCS(C)(=O)=O. The van der Waals surface area contributed by atoms with Gasteiger partial charge in [0, 0.05) is 18.2 Å². The Hall–Kier alpha value is -0.130. The standard InChI is InChI=1S/C9H21NO3S/c1-8(2)9(6-10,7-11)4-5-14(3,12)13/h8,11H,4-7,10H2,1-3H3. The van der Waals surface area contributed by atoms with Crippen molar-refractivity contribution in [2.75, 3.05) is 25.2 Å². The van der Waals surface area contributed by atoms with Crippen molar-refractivity contribution < 1.29 is 13.5 Å². The summed E-state index contributed by atoms with van der Waals surface area (Å²) >= 11 is 0. The number of aliphatic hydroxyl groups is 1. The molecule has 0 saturated heterocycles. The number of hydrogen-bond donors (Lipinski definition) is 2. The lowest BCUT2D eigenvalue weighted by atomic mass is 9.76. The van der Waals surface area contributed by atoms with Gasteiger partial charge in [-0.05, 0) is 12.3 Å². The van der Waals surface area contributed by atoms with Gasteiger partial charge in [-0.15, -0.1) is 0 Å². The lowest BCUT2D eigenvalue weighted by Gasteiger charge is -2.34. The second-order valence-corrected chi connectivity index (χ2v) is 6.52. The van der Waals surface area contributed by atoms with Crippen molar-refractivity contribution >= 4 is 9.84 Å². The Morgan fingerprint density at radius 1 is 1.43 bits per heavy atom. The van der Waals surface area contributed by atoms with Gasteiger partial charge in [0.15, 0.2) is 0 Å². The first-order valence-corrected chi connectivity index (χ1v) is 6.82. The van der Waals surface area contributed by atoms with Crippen LogP contribution in [0.5, 0.6) is 0 Å². The maximum Gasteiger partial charge on any atom is 0.147 e. The Morgan fingerprint density at radius 2 is 1.93 bits per heavy atom. The van der Waals surface area contributed by atoms with Crippen LogP contribution < -0.4 is 5.73 Å². The van der Waals surface area contributed by atoms with Gasteiger partial charge in [-0.25, -0.2) is 8.42 Å². The van der Waals surface area contributed by atoms with Crippen LogP contribution in [0.2, 0.25) is 0 Å². The van der Waals surface area contributed by atoms with Crippen LogP contribution in [0.1, 0.15) is 20.3 Å². The largest absolute Gasteiger partial charge is 0.396 e. The predicted molar refractivity (Wildman–Crippen MR) is 57.7 cm³/mol. The zero-order valence-electron chi connectivity index (χ0n) is 9.16. The lowest BCUT2D eigenvalue weighted by molar-refractivity contribution is 0.0810. The summed E-state index contributed by atoms with van der Waals surface area (Å²) in [6, 6.07) is 0. The second-order valence-electron chi connectivity index (χ2n) is 4.26. The van der Waals surface area contributed by atoms with Crippen molar-refractivity contribution in [3.8, 4) is 0 Å². The van der Waals surface area contributed by atoms with Crippen molar-refractivity contribution in [3.63, 3.8) is 0 Å². The van der Waals surface area contributed by atoms with E-state index in [1.54, 1.807) is 0 Å². The Kier molecular flexibility index (Phi) is 5.05. The average molecular weight is 223 g/mol. The van der Waals surface area contributed by atoms with Gasteiger partial charge in [-0.1, -0.05) is 13.8 Å². The molecule has 86 valence electrons.